The minimum Gasteiger partial charge on any atom is -0.457 e. The summed E-state index contributed by atoms with van der Waals surface area (Å²) in [5, 5.41) is 0. The summed E-state index contributed by atoms with van der Waals surface area (Å²) < 4.78 is 18.9. The van der Waals surface area contributed by atoms with Crippen LogP contribution in [0.4, 0.5) is 4.39 Å². The Kier molecular flexibility index (Phi) is 3.87. The molecular formula is C15H14ClFO. The number of hydrogen-bond acceptors (Lipinski definition) is 1. The van der Waals surface area contributed by atoms with Gasteiger partial charge in [-0.1, -0.05) is 23.8 Å². The largest absolute Gasteiger partial charge is 0.457 e. The fraction of sp³-hybridized carbons (Fsp3) is 0.200. The molecule has 0 saturated heterocycles. The van der Waals surface area contributed by atoms with Gasteiger partial charge in [0.25, 0.3) is 0 Å². The Morgan fingerprint density at radius 2 is 1.83 bits per heavy atom. The molecule has 0 aliphatic rings. The van der Waals surface area contributed by atoms with Gasteiger partial charge in [-0.2, -0.15) is 0 Å². The lowest BCUT2D eigenvalue weighted by molar-refractivity contribution is 0.469. The first-order valence-electron chi connectivity index (χ1n) is 5.69. The minimum atomic E-state index is -0.310. The molecule has 0 bridgehead atoms. The number of rotatable bonds is 3. The average molecular weight is 265 g/mol. The highest BCUT2D eigenvalue weighted by Gasteiger charge is 2.07. The van der Waals surface area contributed by atoms with Gasteiger partial charge in [-0.15, -0.1) is 11.6 Å². The first kappa shape index (κ1) is 12.9. The van der Waals surface area contributed by atoms with Crippen LogP contribution in [0.15, 0.2) is 36.4 Å². The van der Waals surface area contributed by atoms with Gasteiger partial charge in [-0.25, -0.2) is 4.39 Å². The summed E-state index contributed by atoms with van der Waals surface area (Å²) in [5.41, 5.74) is 2.91. The van der Waals surface area contributed by atoms with E-state index in [1.165, 1.54) is 12.1 Å². The molecule has 2 rings (SSSR count). The van der Waals surface area contributed by atoms with E-state index in [4.69, 9.17) is 16.3 Å². The number of hydrogen-bond donors (Lipinski definition) is 0. The van der Waals surface area contributed by atoms with Crippen molar-refractivity contribution in [3.05, 3.63) is 58.9 Å². The smallest absolute Gasteiger partial charge is 0.133 e. The highest BCUT2D eigenvalue weighted by atomic mass is 35.5. The second-order valence-corrected chi connectivity index (χ2v) is 4.52. The summed E-state index contributed by atoms with van der Waals surface area (Å²) in [7, 11) is 0. The molecule has 0 N–H and O–H groups in total. The molecule has 0 atom stereocenters. The lowest BCUT2D eigenvalue weighted by Crippen LogP contribution is -1.93. The van der Waals surface area contributed by atoms with Crippen molar-refractivity contribution in [2.75, 3.05) is 0 Å². The van der Waals surface area contributed by atoms with Crippen LogP contribution in [-0.2, 0) is 5.88 Å². The van der Waals surface area contributed by atoms with E-state index in [2.05, 4.69) is 0 Å². The summed E-state index contributed by atoms with van der Waals surface area (Å²) in [4.78, 5) is 0. The summed E-state index contributed by atoms with van der Waals surface area (Å²) in [6.45, 7) is 3.87. The molecule has 0 saturated carbocycles. The van der Waals surface area contributed by atoms with E-state index < -0.39 is 0 Å². The third-order valence-electron chi connectivity index (χ3n) is 2.73. The van der Waals surface area contributed by atoms with Crippen molar-refractivity contribution in [2.45, 2.75) is 19.7 Å². The molecule has 3 heteroatoms. The number of halogens is 2. The predicted molar refractivity (Wildman–Crippen MR) is 71.9 cm³/mol. The molecule has 18 heavy (non-hydrogen) atoms. The van der Waals surface area contributed by atoms with Crippen molar-refractivity contribution >= 4 is 11.6 Å². The molecule has 94 valence electrons. The molecule has 0 aliphatic heterocycles. The zero-order valence-electron chi connectivity index (χ0n) is 10.3. The molecule has 1 nitrogen and oxygen atoms in total. The summed E-state index contributed by atoms with van der Waals surface area (Å²) >= 11 is 5.89. The van der Waals surface area contributed by atoms with Crippen LogP contribution < -0.4 is 4.74 Å². The monoisotopic (exact) mass is 264 g/mol. The Morgan fingerprint density at radius 3 is 2.56 bits per heavy atom. The Balaban J connectivity index is 2.36. The fourth-order valence-corrected chi connectivity index (χ4v) is 1.92. The van der Waals surface area contributed by atoms with Crippen LogP contribution in [0.25, 0.3) is 0 Å². The van der Waals surface area contributed by atoms with Crippen molar-refractivity contribution in [3.8, 4) is 11.5 Å². The van der Waals surface area contributed by atoms with E-state index in [9.17, 15) is 4.39 Å². The van der Waals surface area contributed by atoms with Crippen molar-refractivity contribution in [1.29, 1.82) is 0 Å². The Hall–Kier alpha value is -1.54. The minimum absolute atomic E-state index is 0.310. The highest BCUT2D eigenvalue weighted by molar-refractivity contribution is 6.17. The zero-order chi connectivity index (χ0) is 13.1. The number of alkyl halides is 1. The molecule has 0 aliphatic carbocycles. The van der Waals surface area contributed by atoms with Crippen LogP contribution in [0.5, 0.6) is 11.5 Å². The molecule has 0 aromatic heterocycles. The SMILES string of the molecule is Cc1ccc(Oc2cc(F)ccc2C)c(CCl)c1. The Bertz CT molecular complexity index is 566. The normalized spacial score (nSPS) is 10.4. The van der Waals surface area contributed by atoms with Crippen molar-refractivity contribution in [1.82, 2.24) is 0 Å². The van der Waals surface area contributed by atoms with Crippen LogP contribution in [-0.4, -0.2) is 0 Å². The maximum atomic E-state index is 13.2. The van der Waals surface area contributed by atoms with Crippen LogP contribution in [0.1, 0.15) is 16.7 Å². The van der Waals surface area contributed by atoms with Crippen molar-refractivity contribution in [2.24, 2.45) is 0 Å². The zero-order valence-corrected chi connectivity index (χ0v) is 11.1. The predicted octanol–water partition coefficient (Wildman–Crippen LogP) is 4.97. The third kappa shape index (κ3) is 2.82. The summed E-state index contributed by atoms with van der Waals surface area (Å²) in [6.07, 6.45) is 0. The first-order chi connectivity index (χ1) is 8.60. The topological polar surface area (TPSA) is 9.23 Å². The van der Waals surface area contributed by atoms with Gasteiger partial charge in [0, 0.05) is 11.6 Å². The first-order valence-corrected chi connectivity index (χ1v) is 6.23. The van der Waals surface area contributed by atoms with Crippen molar-refractivity contribution < 1.29 is 9.13 Å². The van der Waals surface area contributed by atoms with Gasteiger partial charge in [-0.05, 0) is 31.5 Å². The molecule has 0 radical (unpaired) electrons. The van der Waals surface area contributed by atoms with Gasteiger partial charge in [0.15, 0.2) is 0 Å². The van der Waals surface area contributed by atoms with Crippen LogP contribution in [0.2, 0.25) is 0 Å². The Morgan fingerprint density at radius 1 is 1.06 bits per heavy atom. The molecule has 0 spiro atoms. The lowest BCUT2D eigenvalue weighted by Gasteiger charge is -2.12. The maximum Gasteiger partial charge on any atom is 0.133 e. The van der Waals surface area contributed by atoms with Gasteiger partial charge in [0.05, 0.1) is 5.88 Å². The van der Waals surface area contributed by atoms with Crippen LogP contribution in [0, 0.1) is 19.7 Å². The molecule has 0 amide bonds. The fourth-order valence-electron chi connectivity index (χ4n) is 1.71. The van der Waals surface area contributed by atoms with E-state index in [1.54, 1.807) is 6.07 Å². The highest BCUT2D eigenvalue weighted by Crippen LogP contribution is 2.30. The lowest BCUT2D eigenvalue weighted by atomic mass is 10.1. The quantitative estimate of drug-likeness (QED) is 0.711. The number of benzene rings is 2. The second-order valence-electron chi connectivity index (χ2n) is 4.26. The van der Waals surface area contributed by atoms with Gasteiger partial charge in [-0.3, -0.25) is 0 Å². The van der Waals surface area contributed by atoms with Gasteiger partial charge in [0.2, 0.25) is 0 Å². The van der Waals surface area contributed by atoms with Crippen molar-refractivity contribution in [3.63, 3.8) is 0 Å². The van der Waals surface area contributed by atoms with Crippen LogP contribution in [0.3, 0.4) is 0 Å². The molecule has 2 aromatic carbocycles. The summed E-state index contributed by atoms with van der Waals surface area (Å²) in [6, 6.07) is 10.3. The van der Waals surface area contributed by atoms with Gasteiger partial charge >= 0.3 is 0 Å². The van der Waals surface area contributed by atoms with Gasteiger partial charge < -0.3 is 4.74 Å². The van der Waals surface area contributed by atoms with E-state index in [1.807, 2.05) is 32.0 Å². The summed E-state index contributed by atoms with van der Waals surface area (Å²) in [5.74, 6) is 1.25. The van der Waals surface area contributed by atoms with E-state index in [0.29, 0.717) is 17.4 Å². The molecule has 0 heterocycles. The average Bonchev–Trinajstić information content (AvgIpc) is 2.36. The molecule has 0 fully saturated rings. The maximum absolute atomic E-state index is 13.2. The van der Waals surface area contributed by atoms with E-state index in [0.717, 1.165) is 16.7 Å². The number of ether oxygens (including phenoxy) is 1. The molecular weight excluding hydrogens is 251 g/mol. The number of aryl methyl sites for hydroxylation is 2. The second kappa shape index (κ2) is 5.40. The third-order valence-corrected chi connectivity index (χ3v) is 3.02. The van der Waals surface area contributed by atoms with E-state index in [-0.39, 0.29) is 5.82 Å². The van der Waals surface area contributed by atoms with Crippen LogP contribution >= 0.6 is 11.6 Å². The standard InChI is InChI=1S/C15H14ClFO/c1-10-3-6-14(12(7-10)9-16)18-15-8-13(17)5-4-11(15)2/h3-8H,9H2,1-2H3. The Labute approximate surface area is 111 Å². The molecule has 0 unspecified atom stereocenters. The molecule has 2 aromatic rings. The van der Waals surface area contributed by atoms with E-state index >= 15 is 0 Å². The van der Waals surface area contributed by atoms with Gasteiger partial charge in [0.1, 0.15) is 17.3 Å².